The van der Waals surface area contributed by atoms with E-state index in [0.717, 1.165) is 31.6 Å². The first kappa shape index (κ1) is 13.7. The molecule has 0 N–H and O–H groups in total. The summed E-state index contributed by atoms with van der Waals surface area (Å²) in [5.74, 6) is 0.999. The van der Waals surface area contributed by atoms with Crippen LogP contribution in [0.3, 0.4) is 0 Å². The second-order valence-electron chi connectivity index (χ2n) is 4.84. The van der Waals surface area contributed by atoms with Crippen molar-refractivity contribution in [3.05, 3.63) is 65.7 Å². The van der Waals surface area contributed by atoms with E-state index >= 15 is 0 Å². The molecule has 0 aliphatic heterocycles. The molecule has 2 aromatic rings. The molecule has 100 valence electrons. The number of rotatable bonds is 7. The highest BCUT2D eigenvalue weighted by Gasteiger charge is 1.97. The molecule has 0 spiro atoms. The van der Waals surface area contributed by atoms with Crippen LogP contribution in [0.1, 0.15) is 30.9 Å². The maximum atomic E-state index is 5.81. The normalized spacial score (nSPS) is 10.4. The van der Waals surface area contributed by atoms with Gasteiger partial charge in [0.05, 0.1) is 6.61 Å². The molecule has 0 unspecified atom stereocenters. The van der Waals surface area contributed by atoms with Gasteiger partial charge in [0.2, 0.25) is 0 Å². The molecule has 1 heteroatoms. The van der Waals surface area contributed by atoms with Crippen LogP contribution >= 0.6 is 0 Å². The van der Waals surface area contributed by atoms with Crippen molar-refractivity contribution in [2.75, 3.05) is 6.61 Å². The van der Waals surface area contributed by atoms with Gasteiger partial charge in [0.25, 0.3) is 0 Å². The Bertz CT molecular complexity index is 476. The Balaban J connectivity index is 1.75. The van der Waals surface area contributed by atoms with E-state index in [9.17, 15) is 0 Å². The number of benzene rings is 2. The largest absolute Gasteiger partial charge is 0.494 e. The minimum atomic E-state index is 0.782. The molecule has 0 aliphatic carbocycles. The van der Waals surface area contributed by atoms with Crippen LogP contribution in [-0.2, 0) is 12.8 Å². The van der Waals surface area contributed by atoms with Crippen molar-refractivity contribution in [2.45, 2.75) is 32.6 Å². The molecule has 0 bridgehead atoms. The maximum Gasteiger partial charge on any atom is 0.119 e. The number of hydrogen-bond acceptors (Lipinski definition) is 1. The Morgan fingerprint density at radius 2 is 1.63 bits per heavy atom. The van der Waals surface area contributed by atoms with Crippen molar-refractivity contribution in [2.24, 2.45) is 0 Å². The summed E-state index contributed by atoms with van der Waals surface area (Å²) < 4.78 is 5.81. The number of aryl methyl sites for hydroxylation is 2. The molecule has 0 radical (unpaired) electrons. The summed E-state index contributed by atoms with van der Waals surface area (Å²) in [4.78, 5) is 0. The van der Waals surface area contributed by atoms with Crippen LogP contribution < -0.4 is 4.74 Å². The lowest BCUT2D eigenvalue weighted by Crippen LogP contribution is -1.99. The molecular weight excluding hydrogens is 232 g/mol. The van der Waals surface area contributed by atoms with E-state index < -0.39 is 0 Å². The summed E-state index contributed by atoms with van der Waals surface area (Å²) in [5, 5.41) is 0. The summed E-state index contributed by atoms with van der Waals surface area (Å²) in [6.45, 7) is 2.98. The lowest BCUT2D eigenvalue weighted by Gasteiger charge is -2.08. The fraction of sp³-hybridized carbons (Fsp3) is 0.333. The Labute approximate surface area is 116 Å². The van der Waals surface area contributed by atoms with E-state index in [1.807, 2.05) is 6.07 Å². The van der Waals surface area contributed by atoms with Gasteiger partial charge in [-0.1, -0.05) is 55.8 Å². The molecule has 0 saturated carbocycles. The molecule has 0 heterocycles. The van der Waals surface area contributed by atoms with Crippen LogP contribution in [-0.4, -0.2) is 6.61 Å². The summed E-state index contributed by atoms with van der Waals surface area (Å²) in [7, 11) is 0. The lowest BCUT2D eigenvalue weighted by molar-refractivity contribution is 0.310. The van der Waals surface area contributed by atoms with Gasteiger partial charge in [-0.05, 0) is 42.5 Å². The third-order valence-corrected chi connectivity index (χ3v) is 3.16. The second-order valence-corrected chi connectivity index (χ2v) is 4.84. The first-order chi connectivity index (χ1) is 9.38. The number of hydrogen-bond donors (Lipinski definition) is 0. The molecule has 0 amide bonds. The second kappa shape index (κ2) is 7.63. The Kier molecular flexibility index (Phi) is 5.49. The Morgan fingerprint density at radius 3 is 2.42 bits per heavy atom. The molecular formula is C18H22O. The topological polar surface area (TPSA) is 9.23 Å². The van der Waals surface area contributed by atoms with Gasteiger partial charge in [-0.2, -0.15) is 0 Å². The zero-order valence-electron chi connectivity index (χ0n) is 11.6. The average Bonchev–Trinajstić information content (AvgIpc) is 2.46. The van der Waals surface area contributed by atoms with Gasteiger partial charge in [-0.15, -0.1) is 0 Å². The highest BCUT2D eigenvalue weighted by atomic mass is 16.5. The molecule has 0 aliphatic rings. The highest BCUT2D eigenvalue weighted by Crippen LogP contribution is 2.15. The summed E-state index contributed by atoms with van der Waals surface area (Å²) in [5.41, 5.74) is 2.74. The fourth-order valence-electron chi connectivity index (χ4n) is 2.19. The molecule has 19 heavy (non-hydrogen) atoms. The van der Waals surface area contributed by atoms with Crippen molar-refractivity contribution in [3.63, 3.8) is 0 Å². The quantitative estimate of drug-likeness (QED) is 0.653. The molecule has 2 aromatic carbocycles. The number of ether oxygens (including phenoxy) is 1. The summed E-state index contributed by atoms with van der Waals surface area (Å²) >= 11 is 0. The van der Waals surface area contributed by atoms with E-state index in [0.29, 0.717) is 0 Å². The van der Waals surface area contributed by atoms with E-state index in [1.165, 1.54) is 17.5 Å². The maximum absolute atomic E-state index is 5.81. The van der Waals surface area contributed by atoms with E-state index in [4.69, 9.17) is 4.74 Å². The predicted molar refractivity (Wildman–Crippen MR) is 80.7 cm³/mol. The van der Waals surface area contributed by atoms with Gasteiger partial charge in [-0.3, -0.25) is 0 Å². The van der Waals surface area contributed by atoms with Gasteiger partial charge in [0.1, 0.15) is 5.75 Å². The molecule has 0 aromatic heterocycles. The van der Waals surface area contributed by atoms with Crippen LogP contribution in [0.2, 0.25) is 0 Å². The first-order valence-corrected chi connectivity index (χ1v) is 7.14. The van der Waals surface area contributed by atoms with E-state index in [1.54, 1.807) is 0 Å². The van der Waals surface area contributed by atoms with Crippen LogP contribution in [0.5, 0.6) is 5.75 Å². The molecule has 2 rings (SSSR count). The Morgan fingerprint density at radius 1 is 0.842 bits per heavy atom. The first-order valence-electron chi connectivity index (χ1n) is 7.14. The Hall–Kier alpha value is -1.76. The van der Waals surface area contributed by atoms with Crippen molar-refractivity contribution >= 4 is 0 Å². The predicted octanol–water partition coefficient (Wildman–Crippen LogP) is 4.65. The van der Waals surface area contributed by atoms with Crippen molar-refractivity contribution in [1.82, 2.24) is 0 Å². The van der Waals surface area contributed by atoms with Gasteiger partial charge < -0.3 is 4.74 Å². The summed E-state index contributed by atoms with van der Waals surface area (Å²) in [6, 6.07) is 19.0. The van der Waals surface area contributed by atoms with E-state index in [2.05, 4.69) is 55.5 Å². The van der Waals surface area contributed by atoms with Gasteiger partial charge in [0, 0.05) is 0 Å². The lowest BCUT2D eigenvalue weighted by atomic mass is 10.1. The van der Waals surface area contributed by atoms with Crippen LogP contribution in [0, 0.1) is 0 Å². The minimum absolute atomic E-state index is 0.782. The zero-order valence-corrected chi connectivity index (χ0v) is 11.6. The van der Waals surface area contributed by atoms with Gasteiger partial charge in [0.15, 0.2) is 0 Å². The average molecular weight is 254 g/mol. The smallest absolute Gasteiger partial charge is 0.119 e. The SMILES string of the molecule is CCCc1cccc(OCCCc2ccccc2)c1. The third kappa shape index (κ3) is 4.78. The standard InChI is InChI=1S/C18H22O/c1-2-8-17-11-6-13-18(15-17)19-14-7-12-16-9-4-3-5-10-16/h3-6,9-11,13,15H,2,7-8,12,14H2,1H3. The third-order valence-electron chi connectivity index (χ3n) is 3.16. The van der Waals surface area contributed by atoms with Crippen LogP contribution in [0.4, 0.5) is 0 Å². The van der Waals surface area contributed by atoms with Crippen LogP contribution in [0.15, 0.2) is 54.6 Å². The van der Waals surface area contributed by atoms with Crippen molar-refractivity contribution < 1.29 is 4.74 Å². The van der Waals surface area contributed by atoms with Gasteiger partial charge in [-0.25, -0.2) is 0 Å². The van der Waals surface area contributed by atoms with Gasteiger partial charge >= 0.3 is 0 Å². The molecule has 0 atom stereocenters. The monoisotopic (exact) mass is 254 g/mol. The molecule has 0 fully saturated rings. The highest BCUT2D eigenvalue weighted by molar-refractivity contribution is 5.28. The molecule has 0 saturated heterocycles. The van der Waals surface area contributed by atoms with E-state index in [-0.39, 0.29) is 0 Å². The minimum Gasteiger partial charge on any atom is -0.494 e. The molecule has 1 nitrogen and oxygen atoms in total. The zero-order chi connectivity index (χ0) is 13.3. The van der Waals surface area contributed by atoms with Crippen LogP contribution in [0.25, 0.3) is 0 Å². The van der Waals surface area contributed by atoms with Crippen molar-refractivity contribution in [3.8, 4) is 5.75 Å². The summed E-state index contributed by atoms with van der Waals surface area (Å²) in [6.07, 6.45) is 4.44. The fourth-order valence-corrected chi connectivity index (χ4v) is 2.19. The van der Waals surface area contributed by atoms with Crippen molar-refractivity contribution in [1.29, 1.82) is 0 Å².